The molecule has 1 N–H and O–H groups in total. The standard InChI is InChI=1S/C17H11F3N6OS/c1-9-10(7-23-14(24-9)16-22-5-6-28-16)15(27)25-26-8-11(17(18,19)20)13-12(26)3-2-4-21-13/h2-8H,1H3,(H,25,27). The average molecular weight is 404 g/mol. The molecule has 0 fully saturated rings. The van der Waals surface area contributed by atoms with Crippen LogP contribution in [0.4, 0.5) is 13.2 Å². The van der Waals surface area contributed by atoms with Crippen molar-refractivity contribution in [2.24, 2.45) is 0 Å². The van der Waals surface area contributed by atoms with Crippen LogP contribution in [-0.4, -0.2) is 30.5 Å². The van der Waals surface area contributed by atoms with Crippen LogP contribution in [0.2, 0.25) is 0 Å². The number of rotatable bonds is 3. The molecule has 0 aliphatic heterocycles. The van der Waals surface area contributed by atoms with Gasteiger partial charge in [0.1, 0.15) is 11.1 Å². The first-order valence-corrected chi connectivity index (χ1v) is 8.80. The van der Waals surface area contributed by atoms with Crippen LogP contribution < -0.4 is 5.43 Å². The van der Waals surface area contributed by atoms with Crippen molar-refractivity contribution in [2.45, 2.75) is 13.1 Å². The van der Waals surface area contributed by atoms with Gasteiger partial charge in [0.15, 0.2) is 10.8 Å². The Labute approximate surface area is 159 Å². The topological polar surface area (TPSA) is 85.6 Å². The Balaban J connectivity index is 1.68. The number of thiazole rings is 1. The third kappa shape index (κ3) is 3.20. The summed E-state index contributed by atoms with van der Waals surface area (Å²) in [4.78, 5) is 28.9. The van der Waals surface area contributed by atoms with Gasteiger partial charge in [-0.2, -0.15) is 13.2 Å². The highest BCUT2D eigenvalue weighted by atomic mass is 32.1. The van der Waals surface area contributed by atoms with Crippen molar-refractivity contribution in [3.63, 3.8) is 0 Å². The summed E-state index contributed by atoms with van der Waals surface area (Å²) in [5.74, 6) is -0.267. The van der Waals surface area contributed by atoms with Gasteiger partial charge in [0, 0.05) is 30.2 Å². The Kier molecular flexibility index (Phi) is 4.30. The second-order valence-corrected chi connectivity index (χ2v) is 6.65. The molecule has 0 unspecified atom stereocenters. The number of amides is 1. The predicted molar refractivity (Wildman–Crippen MR) is 96.3 cm³/mol. The van der Waals surface area contributed by atoms with E-state index in [0.717, 1.165) is 10.9 Å². The lowest BCUT2D eigenvalue weighted by atomic mass is 10.2. The van der Waals surface area contributed by atoms with Crippen molar-refractivity contribution in [2.75, 3.05) is 5.43 Å². The molecule has 0 aliphatic carbocycles. The van der Waals surface area contributed by atoms with Gasteiger partial charge in [-0.1, -0.05) is 0 Å². The van der Waals surface area contributed by atoms with Crippen molar-refractivity contribution in [1.29, 1.82) is 0 Å². The normalized spacial score (nSPS) is 11.7. The molecular formula is C17H11F3N6OS. The van der Waals surface area contributed by atoms with Gasteiger partial charge >= 0.3 is 6.18 Å². The summed E-state index contributed by atoms with van der Waals surface area (Å²) >= 11 is 1.35. The van der Waals surface area contributed by atoms with Crippen LogP contribution >= 0.6 is 11.3 Å². The smallest absolute Gasteiger partial charge is 0.267 e. The molecule has 1 amide bonds. The van der Waals surface area contributed by atoms with Crippen LogP contribution in [-0.2, 0) is 6.18 Å². The first-order chi connectivity index (χ1) is 13.3. The van der Waals surface area contributed by atoms with E-state index in [0.29, 0.717) is 16.5 Å². The molecular weight excluding hydrogens is 393 g/mol. The Hall–Kier alpha value is -3.34. The molecule has 0 atom stereocenters. The maximum atomic E-state index is 13.2. The maximum absolute atomic E-state index is 13.2. The minimum Gasteiger partial charge on any atom is -0.267 e. The second kappa shape index (κ2) is 6.68. The number of hydrogen-bond acceptors (Lipinski definition) is 6. The number of fused-ring (bicyclic) bond motifs is 1. The Morgan fingerprint density at radius 1 is 1.21 bits per heavy atom. The molecule has 0 spiro atoms. The number of nitrogens with zero attached hydrogens (tertiary/aromatic N) is 5. The zero-order chi connectivity index (χ0) is 19.9. The van der Waals surface area contributed by atoms with Crippen molar-refractivity contribution >= 4 is 28.3 Å². The lowest BCUT2D eigenvalue weighted by Gasteiger charge is -2.09. The first-order valence-electron chi connectivity index (χ1n) is 7.92. The van der Waals surface area contributed by atoms with Gasteiger partial charge in [0.2, 0.25) is 0 Å². The van der Waals surface area contributed by atoms with Crippen LogP contribution in [0.1, 0.15) is 21.6 Å². The van der Waals surface area contributed by atoms with E-state index in [1.165, 1.54) is 35.9 Å². The number of aromatic nitrogens is 5. The average Bonchev–Trinajstić information content (AvgIpc) is 3.30. The van der Waals surface area contributed by atoms with Crippen LogP contribution in [0.5, 0.6) is 0 Å². The molecule has 4 aromatic rings. The Bertz CT molecular complexity index is 1170. The number of carbonyl (C=O) groups excluding carboxylic acids is 1. The van der Waals surface area contributed by atoms with Gasteiger partial charge < -0.3 is 0 Å². The van der Waals surface area contributed by atoms with E-state index in [1.54, 1.807) is 18.5 Å². The molecule has 11 heteroatoms. The molecule has 0 bridgehead atoms. The number of pyridine rings is 1. The van der Waals surface area contributed by atoms with Crippen LogP contribution in [0.15, 0.2) is 42.3 Å². The third-order valence-corrected chi connectivity index (χ3v) is 4.70. The maximum Gasteiger partial charge on any atom is 0.420 e. The molecule has 4 aromatic heterocycles. The summed E-state index contributed by atoms with van der Waals surface area (Å²) in [7, 11) is 0. The SMILES string of the molecule is Cc1nc(-c2nccs2)ncc1C(=O)Nn1cc(C(F)(F)F)c2ncccc21. The highest BCUT2D eigenvalue weighted by Gasteiger charge is 2.35. The number of hydrogen-bond donors (Lipinski definition) is 1. The van der Waals surface area contributed by atoms with Crippen molar-refractivity contribution in [3.8, 4) is 10.8 Å². The van der Waals surface area contributed by atoms with E-state index < -0.39 is 17.6 Å². The van der Waals surface area contributed by atoms with Gasteiger partial charge in [-0.15, -0.1) is 11.3 Å². The number of halogens is 3. The zero-order valence-corrected chi connectivity index (χ0v) is 15.0. The quantitative estimate of drug-likeness (QED) is 0.563. The number of carbonyl (C=O) groups is 1. The van der Waals surface area contributed by atoms with Gasteiger partial charge in [0.05, 0.1) is 16.8 Å². The van der Waals surface area contributed by atoms with E-state index in [-0.39, 0.29) is 16.6 Å². The molecule has 142 valence electrons. The Morgan fingerprint density at radius 2 is 2.04 bits per heavy atom. The predicted octanol–water partition coefficient (Wildman–Crippen LogP) is 3.66. The number of alkyl halides is 3. The summed E-state index contributed by atoms with van der Waals surface area (Å²) in [6, 6.07) is 2.93. The van der Waals surface area contributed by atoms with E-state index in [1.807, 2.05) is 0 Å². The molecule has 4 heterocycles. The molecule has 0 aliphatic rings. The number of nitrogens with one attached hydrogen (secondary N) is 1. The second-order valence-electron chi connectivity index (χ2n) is 5.75. The highest BCUT2D eigenvalue weighted by molar-refractivity contribution is 7.12. The van der Waals surface area contributed by atoms with Gasteiger partial charge in [-0.25, -0.2) is 15.0 Å². The summed E-state index contributed by atoms with van der Waals surface area (Å²) in [6.45, 7) is 1.62. The zero-order valence-electron chi connectivity index (χ0n) is 14.2. The fraction of sp³-hybridized carbons (Fsp3) is 0.118. The largest absolute Gasteiger partial charge is 0.420 e. The molecule has 7 nitrogen and oxygen atoms in total. The molecule has 0 saturated heterocycles. The van der Waals surface area contributed by atoms with Crippen LogP contribution in [0, 0.1) is 6.92 Å². The molecule has 0 radical (unpaired) electrons. The van der Waals surface area contributed by atoms with Crippen molar-refractivity contribution in [1.82, 2.24) is 24.6 Å². The lowest BCUT2D eigenvalue weighted by molar-refractivity contribution is -0.136. The first kappa shape index (κ1) is 18.0. The fourth-order valence-electron chi connectivity index (χ4n) is 2.65. The molecule has 0 aromatic carbocycles. The van der Waals surface area contributed by atoms with E-state index >= 15 is 0 Å². The molecule has 4 rings (SSSR count). The van der Waals surface area contributed by atoms with E-state index in [4.69, 9.17) is 0 Å². The highest BCUT2D eigenvalue weighted by Crippen LogP contribution is 2.34. The monoisotopic (exact) mass is 404 g/mol. The Morgan fingerprint density at radius 3 is 2.71 bits per heavy atom. The lowest BCUT2D eigenvalue weighted by Crippen LogP contribution is -2.23. The van der Waals surface area contributed by atoms with Crippen LogP contribution in [0.25, 0.3) is 21.9 Å². The van der Waals surface area contributed by atoms with Gasteiger partial charge in [-0.3, -0.25) is 19.9 Å². The van der Waals surface area contributed by atoms with Crippen LogP contribution in [0.3, 0.4) is 0 Å². The fourth-order valence-corrected chi connectivity index (χ4v) is 3.23. The van der Waals surface area contributed by atoms with E-state index in [2.05, 4.69) is 25.4 Å². The minimum absolute atomic E-state index is 0.126. The van der Waals surface area contributed by atoms with Crippen molar-refractivity contribution in [3.05, 3.63) is 59.1 Å². The summed E-state index contributed by atoms with van der Waals surface area (Å²) < 4.78 is 40.7. The molecule has 0 saturated carbocycles. The van der Waals surface area contributed by atoms with E-state index in [9.17, 15) is 18.0 Å². The summed E-state index contributed by atoms with van der Waals surface area (Å²) in [5, 5.41) is 2.38. The minimum atomic E-state index is -4.60. The third-order valence-electron chi connectivity index (χ3n) is 3.93. The van der Waals surface area contributed by atoms with Gasteiger partial charge in [-0.05, 0) is 19.1 Å². The summed E-state index contributed by atoms with van der Waals surface area (Å²) in [6.07, 6.45) is 0.400. The molecule has 28 heavy (non-hydrogen) atoms. The van der Waals surface area contributed by atoms with Crippen molar-refractivity contribution < 1.29 is 18.0 Å². The number of aryl methyl sites for hydroxylation is 1. The summed E-state index contributed by atoms with van der Waals surface area (Å²) in [5.41, 5.74) is 1.89. The van der Waals surface area contributed by atoms with Gasteiger partial charge in [0.25, 0.3) is 5.91 Å².